The minimum Gasteiger partial charge on any atom is -0.359 e. The Labute approximate surface area is 133 Å². The van der Waals surface area contributed by atoms with E-state index in [4.69, 9.17) is 11.6 Å². The summed E-state index contributed by atoms with van der Waals surface area (Å²) in [6.07, 6.45) is 2.42. The molecule has 2 rings (SSSR count). The monoisotopic (exact) mass is 327 g/mol. The minimum absolute atomic E-state index is 0.0617. The number of carbonyl (C=O) groups is 2. The van der Waals surface area contributed by atoms with Gasteiger partial charge in [-0.3, -0.25) is 4.79 Å². The van der Waals surface area contributed by atoms with Crippen LogP contribution in [0.1, 0.15) is 24.8 Å². The first-order valence-corrected chi connectivity index (χ1v) is 7.59. The highest BCUT2D eigenvalue weighted by atomic mass is 35.5. The average Bonchev–Trinajstić information content (AvgIpc) is 2.93. The maximum Gasteiger partial charge on any atom is 0.315 e. The van der Waals surface area contributed by atoms with Crippen LogP contribution in [-0.2, 0) is 11.3 Å². The van der Waals surface area contributed by atoms with Crippen molar-refractivity contribution in [3.8, 4) is 0 Å². The lowest BCUT2D eigenvalue weighted by atomic mass is 10.0. The van der Waals surface area contributed by atoms with E-state index >= 15 is 0 Å². The molecule has 1 aromatic carbocycles. The molecule has 22 heavy (non-hydrogen) atoms. The van der Waals surface area contributed by atoms with Crippen LogP contribution in [0.4, 0.5) is 9.18 Å². The number of rotatable bonds is 4. The zero-order valence-corrected chi connectivity index (χ0v) is 13.0. The summed E-state index contributed by atoms with van der Waals surface area (Å²) in [5, 5.41) is 8.30. The van der Waals surface area contributed by atoms with E-state index in [9.17, 15) is 14.0 Å². The van der Waals surface area contributed by atoms with E-state index in [1.165, 1.54) is 12.1 Å². The molecule has 0 bridgehead atoms. The Hall–Kier alpha value is -1.82. The van der Waals surface area contributed by atoms with Crippen LogP contribution in [0.5, 0.6) is 0 Å². The van der Waals surface area contributed by atoms with Gasteiger partial charge in [0.15, 0.2) is 0 Å². The standard InChI is InChI=1S/C15H19ClFN3O2/c1-18-14(21)11-3-2-4-13(11)20-15(22)19-8-9-5-6-10(16)7-12(9)17/h5-7,11,13H,2-4,8H2,1H3,(H,18,21)(H2,19,20,22). The van der Waals surface area contributed by atoms with Gasteiger partial charge in [-0.05, 0) is 25.0 Å². The van der Waals surface area contributed by atoms with Gasteiger partial charge in [0, 0.05) is 30.2 Å². The lowest BCUT2D eigenvalue weighted by Gasteiger charge is -2.20. The lowest BCUT2D eigenvalue weighted by Crippen LogP contribution is -2.46. The number of hydrogen-bond donors (Lipinski definition) is 3. The molecule has 2 atom stereocenters. The molecule has 2 unspecified atom stereocenters. The van der Waals surface area contributed by atoms with E-state index in [2.05, 4.69) is 16.0 Å². The molecule has 0 saturated heterocycles. The summed E-state index contributed by atoms with van der Waals surface area (Å²) in [5.74, 6) is -0.730. The second-order valence-corrected chi connectivity index (χ2v) is 5.76. The first-order valence-electron chi connectivity index (χ1n) is 7.21. The number of amides is 3. The first-order chi connectivity index (χ1) is 10.5. The molecule has 5 nitrogen and oxygen atoms in total. The van der Waals surface area contributed by atoms with Gasteiger partial charge in [-0.1, -0.05) is 24.1 Å². The number of benzene rings is 1. The van der Waals surface area contributed by atoms with Gasteiger partial charge >= 0.3 is 6.03 Å². The third-order valence-electron chi connectivity index (χ3n) is 3.87. The van der Waals surface area contributed by atoms with Crippen molar-refractivity contribution in [1.82, 2.24) is 16.0 Å². The number of urea groups is 1. The predicted octanol–water partition coefficient (Wildman–Crippen LogP) is 2.19. The van der Waals surface area contributed by atoms with Crippen LogP contribution in [-0.4, -0.2) is 25.0 Å². The Bertz CT molecular complexity index is 568. The molecule has 1 aliphatic carbocycles. The fraction of sp³-hybridized carbons (Fsp3) is 0.467. The molecular weight excluding hydrogens is 309 g/mol. The number of halogens is 2. The van der Waals surface area contributed by atoms with Crippen molar-refractivity contribution in [3.63, 3.8) is 0 Å². The van der Waals surface area contributed by atoms with Crippen molar-refractivity contribution in [2.24, 2.45) is 5.92 Å². The average molecular weight is 328 g/mol. The highest BCUT2D eigenvalue weighted by Gasteiger charge is 2.33. The largest absolute Gasteiger partial charge is 0.359 e. The zero-order valence-electron chi connectivity index (χ0n) is 12.3. The third kappa shape index (κ3) is 4.10. The highest BCUT2D eigenvalue weighted by Crippen LogP contribution is 2.25. The van der Waals surface area contributed by atoms with Crippen LogP contribution < -0.4 is 16.0 Å². The van der Waals surface area contributed by atoms with Gasteiger partial charge < -0.3 is 16.0 Å². The minimum atomic E-state index is -0.461. The van der Waals surface area contributed by atoms with E-state index < -0.39 is 11.8 Å². The van der Waals surface area contributed by atoms with Gasteiger partial charge in [0.05, 0.1) is 5.92 Å². The molecule has 3 amide bonds. The molecule has 1 saturated carbocycles. The summed E-state index contributed by atoms with van der Waals surface area (Å²) >= 11 is 5.67. The normalized spacial score (nSPS) is 20.5. The van der Waals surface area contributed by atoms with Crippen LogP contribution in [0.25, 0.3) is 0 Å². The van der Waals surface area contributed by atoms with Crippen molar-refractivity contribution in [1.29, 1.82) is 0 Å². The molecule has 7 heteroatoms. The molecule has 1 aliphatic rings. The van der Waals surface area contributed by atoms with E-state index in [0.29, 0.717) is 10.6 Å². The quantitative estimate of drug-likeness (QED) is 0.793. The lowest BCUT2D eigenvalue weighted by molar-refractivity contribution is -0.124. The Morgan fingerprint density at radius 2 is 2.14 bits per heavy atom. The second kappa shape index (κ2) is 7.45. The van der Waals surface area contributed by atoms with Crippen LogP contribution in [0.3, 0.4) is 0 Å². The Balaban J connectivity index is 1.86. The summed E-state index contributed by atoms with van der Waals surface area (Å²) in [7, 11) is 1.58. The Morgan fingerprint density at radius 3 is 2.82 bits per heavy atom. The van der Waals surface area contributed by atoms with Gasteiger partial charge in [0.2, 0.25) is 5.91 Å². The van der Waals surface area contributed by atoms with Crippen molar-refractivity contribution >= 4 is 23.5 Å². The van der Waals surface area contributed by atoms with Crippen molar-refractivity contribution in [3.05, 3.63) is 34.6 Å². The van der Waals surface area contributed by atoms with Gasteiger partial charge in [0.1, 0.15) is 5.82 Å². The van der Waals surface area contributed by atoms with Crippen molar-refractivity contribution in [2.75, 3.05) is 7.05 Å². The third-order valence-corrected chi connectivity index (χ3v) is 4.11. The fourth-order valence-corrected chi connectivity index (χ4v) is 2.85. The maximum absolute atomic E-state index is 13.6. The first kappa shape index (κ1) is 16.5. The van der Waals surface area contributed by atoms with Gasteiger partial charge in [-0.25, -0.2) is 9.18 Å². The molecule has 3 N–H and O–H groups in total. The van der Waals surface area contributed by atoms with Crippen LogP contribution >= 0.6 is 11.6 Å². The summed E-state index contributed by atoms with van der Waals surface area (Å²) in [4.78, 5) is 23.6. The number of carbonyl (C=O) groups excluding carboxylic acids is 2. The zero-order chi connectivity index (χ0) is 16.1. The topological polar surface area (TPSA) is 70.2 Å². The van der Waals surface area contributed by atoms with Gasteiger partial charge in [0.25, 0.3) is 0 Å². The van der Waals surface area contributed by atoms with E-state index in [0.717, 1.165) is 19.3 Å². The number of nitrogens with one attached hydrogen (secondary N) is 3. The molecule has 1 aromatic rings. The van der Waals surface area contributed by atoms with Crippen LogP contribution in [0, 0.1) is 11.7 Å². The summed E-state index contributed by atoms with van der Waals surface area (Å²) in [6, 6.07) is 3.71. The van der Waals surface area contributed by atoms with Crippen LogP contribution in [0.2, 0.25) is 5.02 Å². The van der Waals surface area contributed by atoms with E-state index in [1.807, 2.05) is 0 Å². The molecule has 0 radical (unpaired) electrons. The molecule has 1 fully saturated rings. The maximum atomic E-state index is 13.6. The molecule has 0 spiro atoms. The number of hydrogen-bond acceptors (Lipinski definition) is 2. The molecule has 0 aromatic heterocycles. The smallest absolute Gasteiger partial charge is 0.315 e. The van der Waals surface area contributed by atoms with Crippen molar-refractivity contribution < 1.29 is 14.0 Å². The van der Waals surface area contributed by atoms with E-state index in [-0.39, 0.29) is 24.4 Å². The highest BCUT2D eigenvalue weighted by molar-refractivity contribution is 6.30. The Kier molecular flexibility index (Phi) is 5.60. The Morgan fingerprint density at radius 1 is 1.36 bits per heavy atom. The summed E-state index contributed by atoms with van der Waals surface area (Å²) in [5.41, 5.74) is 0.355. The molecule has 0 heterocycles. The van der Waals surface area contributed by atoms with E-state index in [1.54, 1.807) is 13.1 Å². The van der Waals surface area contributed by atoms with Gasteiger partial charge in [-0.15, -0.1) is 0 Å². The molecular formula is C15H19ClFN3O2. The fourth-order valence-electron chi connectivity index (χ4n) is 2.69. The summed E-state index contributed by atoms with van der Waals surface area (Å²) < 4.78 is 13.6. The second-order valence-electron chi connectivity index (χ2n) is 5.32. The van der Waals surface area contributed by atoms with Crippen molar-refractivity contribution in [2.45, 2.75) is 31.8 Å². The summed E-state index contributed by atoms with van der Waals surface area (Å²) in [6.45, 7) is 0.0617. The van der Waals surface area contributed by atoms with Gasteiger partial charge in [-0.2, -0.15) is 0 Å². The van der Waals surface area contributed by atoms with Crippen LogP contribution in [0.15, 0.2) is 18.2 Å². The molecule has 0 aliphatic heterocycles. The molecule has 120 valence electrons. The SMILES string of the molecule is CNC(=O)C1CCCC1NC(=O)NCc1ccc(Cl)cc1F. The predicted molar refractivity (Wildman–Crippen MR) is 82.0 cm³/mol.